The molecule has 0 bridgehead atoms. The molecule has 3 N–H and O–H groups in total. The Bertz CT molecular complexity index is 1030. The number of likely N-dealkylation sites (tertiary alicyclic amines) is 1. The molecule has 11 heteroatoms. The molecule has 0 aromatic heterocycles. The Kier molecular flexibility index (Phi) is 9.12. The van der Waals surface area contributed by atoms with Gasteiger partial charge in [0.15, 0.2) is 0 Å². The topological polar surface area (TPSA) is 134 Å². The van der Waals surface area contributed by atoms with Crippen molar-refractivity contribution >= 4 is 27.7 Å². The van der Waals surface area contributed by atoms with Crippen LogP contribution in [0.5, 0.6) is 5.75 Å². The fourth-order valence-corrected chi connectivity index (χ4v) is 4.93. The molecule has 3 amide bonds. The highest BCUT2D eigenvalue weighted by molar-refractivity contribution is 7.88. The summed E-state index contributed by atoms with van der Waals surface area (Å²) in [7, 11) is -3.45. The first kappa shape index (κ1) is 26.9. The zero-order valence-electron chi connectivity index (χ0n) is 20.5. The molecule has 35 heavy (non-hydrogen) atoms. The minimum Gasteiger partial charge on any atom is -0.493 e. The monoisotopic (exact) mass is 508 g/mol. The molecule has 1 saturated heterocycles. The first-order valence-corrected chi connectivity index (χ1v) is 14.0. The predicted molar refractivity (Wildman–Crippen MR) is 132 cm³/mol. The molecular formula is C24H36N4O6S. The summed E-state index contributed by atoms with van der Waals surface area (Å²) in [6, 6.07) is 5.50. The van der Waals surface area contributed by atoms with E-state index in [-0.39, 0.29) is 24.3 Å². The van der Waals surface area contributed by atoms with E-state index in [9.17, 15) is 22.8 Å². The van der Waals surface area contributed by atoms with Gasteiger partial charge in [0.25, 0.3) is 5.91 Å². The second kappa shape index (κ2) is 11.9. The molecule has 0 unspecified atom stereocenters. The van der Waals surface area contributed by atoms with E-state index in [1.165, 1.54) is 0 Å². The average Bonchev–Trinajstić information content (AvgIpc) is 2.81. The highest BCUT2D eigenvalue weighted by Crippen LogP contribution is 2.37. The summed E-state index contributed by atoms with van der Waals surface area (Å²) in [5.74, 6) is 0.0578. The number of carbonyl (C=O) groups excluding carboxylic acids is 3. The maximum atomic E-state index is 13.2. The van der Waals surface area contributed by atoms with Crippen LogP contribution < -0.4 is 20.1 Å². The van der Waals surface area contributed by atoms with Crippen LogP contribution in [0.25, 0.3) is 0 Å². The molecule has 2 aliphatic heterocycles. The van der Waals surface area contributed by atoms with E-state index in [1.807, 2.05) is 19.1 Å². The number of nitrogens with one attached hydrogen (secondary N) is 3. The summed E-state index contributed by atoms with van der Waals surface area (Å²) in [5, 5.41) is 6.00. The average molecular weight is 509 g/mol. The minimum absolute atomic E-state index is 0.0194. The van der Waals surface area contributed by atoms with Gasteiger partial charge in [0.1, 0.15) is 5.75 Å². The smallest absolute Gasteiger partial charge is 0.255 e. The van der Waals surface area contributed by atoms with Crippen LogP contribution in [-0.2, 0) is 19.6 Å². The Labute approximate surface area is 207 Å². The Morgan fingerprint density at radius 2 is 1.80 bits per heavy atom. The molecule has 2 heterocycles. The second-order valence-corrected chi connectivity index (χ2v) is 11.3. The summed E-state index contributed by atoms with van der Waals surface area (Å²) in [6.45, 7) is 3.77. The Balaban J connectivity index is 1.63. The second-order valence-electron chi connectivity index (χ2n) is 9.42. The van der Waals surface area contributed by atoms with Gasteiger partial charge >= 0.3 is 0 Å². The lowest BCUT2D eigenvalue weighted by atomic mass is 9.73. The Morgan fingerprint density at radius 3 is 2.51 bits per heavy atom. The number of hydrogen-bond acceptors (Lipinski definition) is 6. The number of fused-ring (bicyclic) bond motifs is 1. The molecule has 0 atom stereocenters. The summed E-state index contributed by atoms with van der Waals surface area (Å²) < 4.78 is 30.7. The van der Waals surface area contributed by atoms with E-state index in [1.54, 1.807) is 11.0 Å². The molecular weight excluding hydrogens is 472 g/mol. The molecule has 0 saturated carbocycles. The maximum absolute atomic E-state index is 13.2. The number of rotatable bonds is 3. The number of piperidine rings is 1. The summed E-state index contributed by atoms with van der Waals surface area (Å²) >= 11 is 0. The number of aryl methyl sites for hydroxylation is 1. The van der Waals surface area contributed by atoms with E-state index < -0.39 is 15.4 Å². The SMILES string of the molecule is Cc1ccc2c(c1)OCCCNC(=O)C1(CCCCNC2=O)CCN(C(=O)CNS(C)(=O)=O)CC1. The van der Waals surface area contributed by atoms with Gasteiger partial charge in [-0.2, -0.15) is 0 Å². The predicted octanol–water partition coefficient (Wildman–Crippen LogP) is 0.952. The number of nitrogens with zero attached hydrogens (tertiary/aromatic N) is 1. The highest BCUT2D eigenvalue weighted by atomic mass is 32.2. The maximum Gasteiger partial charge on any atom is 0.255 e. The fourth-order valence-electron chi connectivity index (χ4n) is 4.55. The molecule has 194 valence electrons. The Hall–Kier alpha value is -2.66. The van der Waals surface area contributed by atoms with E-state index in [4.69, 9.17) is 4.74 Å². The highest BCUT2D eigenvalue weighted by Gasteiger charge is 2.41. The molecule has 0 aliphatic carbocycles. The van der Waals surface area contributed by atoms with Crippen molar-refractivity contribution < 1.29 is 27.5 Å². The van der Waals surface area contributed by atoms with Crippen molar-refractivity contribution in [2.24, 2.45) is 5.41 Å². The van der Waals surface area contributed by atoms with Gasteiger partial charge in [0.2, 0.25) is 21.8 Å². The first-order chi connectivity index (χ1) is 16.6. The van der Waals surface area contributed by atoms with E-state index in [0.717, 1.165) is 24.7 Å². The van der Waals surface area contributed by atoms with Crippen molar-refractivity contribution in [1.82, 2.24) is 20.3 Å². The standard InChI is InChI=1S/C24H36N4O6S/c1-18-6-7-19-20(16-18)34-15-5-12-26-23(31)24(8-3-4-11-25-22(19)30)9-13-28(14-10-24)21(29)17-27-35(2,32)33/h6-7,16,27H,3-5,8-15,17H2,1-2H3,(H,25,30)(H,26,31). The summed E-state index contributed by atoms with van der Waals surface area (Å²) in [5.41, 5.74) is 0.918. The van der Waals surface area contributed by atoms with Crippen LogP contribution in [0.1, 0.15) is 54.4 Å². The molecule has 3 rings (SSSR count). The number of hydrogen-bond donors (Lipinski definition) is 3. The largest absolute Gasteiger partial charge is 0.493 e. The van der Waals surface area contributed by atoms with Crippen molar-refractivity contribution in [1.29, 1.82) is 0 Å². The van der Waals surface area contributed by atoms with E-state index in [2.05, 4.69) is 15.4 Å². The van der Waals surface area contributed by atoms with Crippen molar-refractivity contribution in [3.63, 3.8) is 0 Å². The van der Waals surface area contributed by atoms with Crippen LogP contribution in [-0.4, -0.2) is 76.6 Å². The molecule has 1 aromatic carbocycles. The lowest BCUT2D eigenvalue weighted by Gasteiger charge is -2.41. The summed E-state index contributed by atoms with van der Waals surface area (Å²) in [4.78, 5) is 39.9. The third kappa shape index (κ3) is 7.66. The fraction of sp³-hybridized carbons (Fsp3) is 0.625. The molecule has 0 radical (unpaired) electrons. The zero-order valence-corrected chi connectivity index (χ0v) is 21.3. The van der Waals surface area contributed by atoms with Crippen LogP contribution in [0.3, 0.4) is 0 Å². The lowest BCUT2D eigenvalue weighted by molar-refractivity contribution is -0.140. The Morgan fingerprint density at radius 1 is 1.09 bits per heavy atom. The van der Waals surface area contributed by atoms with Crippen LogP contribution in [0, 0.1) is 12.3 Å². The van der Waals surface area contributed by atoms with Gasteiger partial charge in [-0.3, -0.25) is 14.4 Å². The number of sulfonamides is 1. The lowest BCUT2D eigenvalue weighted by Crippen LogP contribution is -2.52. The normalized spacial score (nSPS) is 20.0. The number of amides is 3. The van der Waals surface area contributed by atoms with E-state index in [0.29, 0.717) is 69.8 Å². The minimum atomic E-state index is -3.45. The molecule has 1 aromatic rings. The summed E-state index contributed by atoms with van der Waals surface area (Å²) in [6.07, 6.45) is 4.77. The van der Waals surface area contributed by atoms with Gasteiger partial charge in [0, 0.05) is 26.2 Å². The van der Waals surface area contributed by atoms with Crippen LogP contribution >= 0.6 is 0 Å². The third-order valence-electron chi connectivity index (χ3n) is 6.65. The van der Waals surface area contributed by atoms with Gasteiger partial charge in [-0.1, -0.05) is 12.5 Å². The number of carbonyl (C=O) groups is 3. The molecule has 1 spiro atoms. The number of ether oxygens (including phenoxy) is 1. The van der Waals surface area contributed by atoms with Crippen molar-refractivity contribution in [3.8, 4) is 5.75 Å². The first-order valence-electron chi connectivity index (χ1n) is 12.1. The van der Waals surface area contributed by atoms with E-state index >= 15 is 0 Å². The molecule has 10 nitrogen and oxygen atoms in total. The zero-order chi connectivity index (χ0) is 25.5. The third-order valence-corrected chi connectivity index (χ3v) is 7.32. The van der Waals surface area contributed by atoms with Gasteiger partial charge in [-0.05, 0) is 56.7 Å². The van der Waals surface area contributed by atoms with Crippen LogP contribution in [0.2, 0.25) is 0 Å². The number of benzene rings is 1. The van der Waals surface area contributed by atoms with Crippen LogP contribution in [0.4, 0.5) is 0 Å². The van der Waals surface area contributed by atoms with Crippen molar-refractivity contribution in [2.45, 2.75) is 45.4 Å². The van der Waals surface area contributed by atoms with Gasteiger partial charge in [-0.15, -0.1) is 0 Å². The van der Waals surface area contributed by atoms with Crippen molar-refractivity contribution in [3.05, 3.63) is 29.3 Å². The molecule has 2 aliphatic rings. The van der Waals surface area contributed by atoms with Gasteiger partial charge in [0.05, 0.1) is 30.4 Å². The van der Waals surface area contributed by atoms with Crippen molar-refractivity contribution in [2.75, 3.05) is 45.6 Å². The molecule has 1 fully saturated rings. The van der Waals surface area contributed by atoms with Gasteiger partial charge in [-0.25, -0.2) is 13.1 Å². The van der Waals surface area contributed by atoms with Crippen LogP contribution in [0.15, 0.2) is 18.2 Å². The quantitative estimate of drug-likeness (QED) is 0.557. The van der Waals surface area contributed by atoms with Gasteiger partial charge < -0.3 is 20.3 Å².